The normalized spacial score (nSPS) is 14.3. The minimum Gasteiger partial charge on any atom is -0.480 e. The van der Waals surface area contributed by atoms with Crippen LogP contribution in [0.25, 0.3) is 0 Å². The molecule has 0 bridgehead atoms. The molecule has 0 saturated heterocycles. The van der Waals surface area contributed by atoms with E-state index in [1.54, 1.807) is 0 Å². The van der Waals surface area contributed by atoms with Gasteiger partial charge in [0.15, 0.2) is 6.04 Å². The van der Waals surface area contributed by atoms with Crippen molar-refractivity contribution in [1.82, 2.24) is 15.5 Å². The molecule has 2 amide bonds. The molecule has 2 unspecified atom stereocenters. The second kappa shape index (κ2) is 7.02. The zero-order chi connectivity index (χ0) is 12.7. The number of aliphatic carboxylic acids is 1. The van der Waals surface area contributed by atoms with Gasteiger partial charge in [-0.25, -0.2) is 9.59 Å². The average Bonchev–Trinajstić information content (AvgIpc) is 2.21. The van der Waals surface area contributed by atoms with Crippen LogP contribution in [-0.2, 0) is 4.79 Å². The first-order valence-corrected chi connectivity index (χ1v) is 4.93. The summed E-state index contributed by atoms with van der Waals surface area (Å²) >= 11 is 0. The Balaban J connectivity index is 3.94. The quantitative estimate of drug-likeness (QED) is 0.456. The van der Waals surface area contributed by atoms with E-state index >= 15 is 0 Å². The standard InChI is InChI=1S/C9H19N3O4/c1-6(12(2)3)4-10-9(16)11-7(5-13)8(14)15/h6-7,13H,4-5H2,1-3H3,(H,14,15)(H2,10,11,16). The summed E-state index contributed by atoms with van der Waals surface area (Å²) in [7, 11) is 3.75. The maximum atomic E-state index is 11.2. The molecule has 0 aliphatic heterocycles. The highest BCUT2D eigenvalue weighted by atomic mass is 16.4. The molecule has 2 atom stereocenters. The highest BCUT2D eigenvalue weighted by molar-refractivity contribution is 5.82. The molecule has 0 aromatic heterocycles. The van der Waals surface area contributed by atoms with E-state index in [0.29, 0.717) is 6.54 Å². The molecule has 0 fully saturated rings. The van der Waals surface area contributed by atoms with Gasteiger partial charge < -0.3 is 25.7 Å². The van der Waals surface area contributed by atoms with Crippen molar-refractivity contribution in [3.05, 3.63) is 0 Å². The lowest BCUT2D eigenvalue weighted by atomic mass is 10.3. The third-order valence-electron chi connectivity index (χ3n) is 2.23. The van der Waals surface area contributed by atoms with Crippen LogP contribution >= 0.6 is 0 Å². The van der Waals surface area contributed by atoms with Crippen molar-refractivity contribution in [2.45, 2.75) is 19.0 Å². The fourth-order valence-corrected chi connectivity index (χ4v) is 0.818. The number of urea groups is 1. The van der Waals surface area contributed by atoms with Crippen LogP contribution in [0.4, 0.5) is 4.79 Å². The van der Waals surface area contributed by atoms with E-state index in [2.05, 4.69) is 10.6 Å². The van der Waals surface area contributed by atoms with Gasteiger partial charge in [-0.1, -0.05) is 0 Å². The SMILES string of the molecule is CC(CNC(=O)NC(CO)C(=O)O)N(C)C. The summed E-state index contributed by atoms with van der Waals surface area (Å²) in [6, 6.07) is -1.73. The van der Waals surface area contributed by atoms with Crippen molar-refractivity contribution in [2.75, 3.05) is 27.2 Å². The lowest BCUT2D eigenvalue weighted by molar-refractivity contribution is -0.140. The number of amides is 2. The van der Waals surface area contributed by atoms with Crippen LogP contribution in [0.2, 0.25) is 0 Å². The van der Waals surface area contributed by atoms with Gasteiger partial charge in [-0.05, 0) is 21.0 Å². The zero-order valence-electron chi connectivity index (χ0n) is 9.73. The van der Waals surface area contributed by atoms with Crippen LogP contribution in [0, 0.1) is 0 Å². The maximum Gasteiger partial charge on any atom is 0.328 e. The Labute approximate surface area is 94.4 Å². The molecule has 0 aliphatic rings. The van der Waals surface area contributed by atoms with Gasteiger partial charge in [0.1, 0.15) is 0 Å². The van der Waals surface area contributed by atoms with Crippen molar-refractivity contribution in [1.29, 1.82) is 0 Å². The van der Waals surface area contributed by atoms with E-state index in [1.165, 1.54) is 0 Å². The topological polar surface area (TPSA) is 102 Å². The first-order chi connectivity index (χ1) is 7.38. The molecule has 0 spiro atoms. The van der Waals surface area contributed by atoms with Gasteiger partial charge in [0.05, 0.1) is 6.61 Å². The van der Waals surface area contributed by atoms with Gasteiger partial charge in [0, 0.05) is 12.6 Å². The number of aliphatic hydroxyl groups excluding tert-OH is 1. The molecule has 94 valence electrons. The van der Waals surface area contributed by atoms with Gasteiger partial charge in [0.2, 0.25) is 0 Å². The molecule has 4 N–H and O–H groups in total. The Morgan fingerprint density at radius 3 is 2.31 bits per heavy atom. The van der Waals surface area contributed by atoms with Crippen LogP contribution in [0.3, 0.4) is 0 Å². The summed E-state index contributed by atoms with van der Waals surface area (Å²) in [5.74, 6) is -1.27. The summed E-state index contributed by atoms with van der Waals surface area (Å²) in [5, 5.41) is 21.9. The molecule has 16 heavy (non-hydrogen) atoms. The van der Waals surface area contributed by atoms with Gasteiger partial charge in [-0.3, -0.25) is 0 Å². The fraction of sp³-hybridized carbons (Fsp3) is 0.778. The smallest absolute Gasteiger partial charge is 0.328 e. The fourth-order valence-electron chi connectivity index (χ4n) is 0.818. The molecule has 0 radical (unpaired) electrons. The second-order valence-corrected chi connectivity index (χ2v) is 3.74. The highest BCUT2D eigenvalue weighted by Gasteiger charge is 2.18. The van der Waals surface area contributed by atoms with E-state index in [9.17, 15) is 9.59 Å². The monoisotopic (exact) mass is 233 g/mol. The van der Waals surface area contributed by atoms with E-state index in [1.807, 2.05) is 25.9 Å². The Morgan fingerprint density at radius 2 is 1.94 bits per heavy atom. The third kappa shape index (κ3) is 5.52. The lowest BCUT2D eigenvalue weighted by Gasteiger charge is -2.20. The zero-order valence-corrected chi connectivity index (χ0v) is 9.73. The number of carboxylic acid groups (broad SMARTS) is 1. The van der Waals surface area contributed by atoms with Crippen LogP contribution in [0.5, 0.6) is 0 Å². The first-order valence-electron chi connectivity index (χ1n) is 4.93. The number of hydrogen-bond acceptors (Lipinski definition) is 4. The van der Waals surface area contributed by atoms with Gasteiger partial charge in [-0.15, -0.1) is 0 Å². The molecule has 0 aliphatic carbocycles. The number of likely N-dealkylation sites (N-methyl/N-ethyl adjacent to an activating group) is 1. The number of carboxylic acids is 1. The van der Waals surface area contributed by atoms with Crippen LogP contribution in [-0.4, -0.2) is 66.4 Å². The summed E-state index contributed by atoms with van der Waals surface area (Å²) < 4.78 is 0. The van der Waals surface area contributed by atoms with Crippen molar-refractivity contribution in [3.63, 3.8) is 0 Å². The number of aliphatic hydroxyl groups is 1. The molecular formula is C9H19N3O4. The minimum atomic E-state index is -1.27. The minimum absolute atomic E-state index is 0.142. The Bertz CT molecular complexity index is 245. The van der Waals surface area contributed by atoms with Crippen molar-refractivity contribution in [3.8, 4) is 0 Å². The number of hydrogen-bond donors (Lipinski definition) is 4. The predicted octanol–water partition coefficient (Wildman–Crippen LogP) is -1.32. The summed E-state index contributed by atoms with van der Waals surface area (Å²) in [6.07, 6.45) is 0. The predicted molar refractivity (Wildman–Crippen MR) is 58.2 cm³/mol. The van der Waals surface area contributed by atoms with E-state index in [-0.39, 0.29) is 6.04 Å². The molecule has 7 heteroatoms. The summed E-state index contributed by atoms with van der Waals surface area (Å²) in [6.45, 7) is 1.68. The van der Waals surface area contributed by atoms with E-state index in [0.717, 1.165) is 0 Å². The van der Waals surface area contributed by atoms with Crippen molar-refractivity contribution < 1.29 is 19.8 Å². The Kier molecular flexibility index (Phi) is 6.43. The number of carbonyl (C=O) groups excluding carboxylic acids is 1. The summed E-state index contributed by atoms with van der Waals surface area (Å²) in [4.78, 5) is 23.6. The van der Waals surface area contributed by atoms with Crippen molar-refractivity contribution >= 4 is 12.0 Å². The number of carbonyl (C=O) groups is 2. The molecule has 0 rings (SSSR count). The first kappa shape index (κ1) is 14.7. The maximum absolute atomic E-state index is 11.2. The van der Waals surface area contributed by atoms with Gasteiger partial charge in [-0.2, -0.15) is 0 Å². The lowest BCUT2D eigenvalue weighted by Crippen LogP contribution is -2.50. The van der Waals surface area contributed by atoms with Crippen LogP contribution in [0.1, 0.15) is 6.92 Å². The molecule has 7 nitrogen and oxygen atoms in total. The third-order valence-corrected chi connectivity index (χ3v) is 2.23. The molecule has 0 heterocycles. The molecule has 0 saturated carbocycles. The Hall–Kier alpha value is -1.34. The van der Waals surface area contributed by atoms with E-state index < -0.39 is 24.6 Å². The van der Waals surface area contributed by atoms with Crippen molar-refractivity contribution in [2.24, 2.45) is 0 Å². The van der Waals surface area contributed by atoms with Crippen LogP contribution in [0.15, 0.2) is 0 Å². The Morgan fingerprint density at radius 1 is 1.38 bits per heavy atom. The number of nitrogens with zero attached hydrogens (tertiary/aromatic N) is 1. The molecular weight excluding hydrogens is 214 g/mol. The van der Waals surface area contributed by atoms with Gasteiger partial charge >= 0.3 is 12.0 Å². The molecule has 0 aromatic carbocycles. The largest absolute Gasteiger partial charge is 0.480 e. The second-order valence-electron chi connectivity index (χ2n) is 3.74. The molecule has 0 aromatic rings. The average molecular weight is 233 g/mol. The highest BCUT2D eigenvalue weighted by Crippen LogP contribution is 1.88. The number of rotatable bonds is 6. The number of nitrogens with one attached hydrogen (secondary N) is 2. The van der Waals surface area contributed by atoms with E-state index in [4.69, 9.17) is 10.2 Å². The summed E-state index contributed by atoms with van der Waals surface area (Å²) in [5.41, 5.74) is 0. The van der Waals surface area contributed by atoms with Crippen LogP contribution < -0.4 is 10.6 Å². The van der Waals surface area contributed by atoms with Gasteiger partial charge in [0.25, 0.3) is 0 Å².